The molecule has 3 nitrogen and oxygen atoms in total. The standard InChI is InChI=1S/C9H13NO2S/c1-9(8(11)12,10(2)3)7-5-4-6-13-7/h4-6H,1-3H3,(H,11,12)/t9-/m0/s1. The number of thiophene rings is 1. The van der Waals surface area contributed by atoms with Crippen LogP contribution in [0.2, 0.25) is 0 Å². The highest BCUT2D eigenvalue weighted by Gasteiger charge is 2.38. The van der Waals surface area contributed by atoms with Gasteiger partial charge >= 0.3 is 5.97 Å². The maximum absolute atomic E-state index is 11.1. The number of hydrogen-bond acceptors (Lipinski definition) is 3. The van der Waals surface area contributed by atoms with E-state index < -0.39 is 11.5 Å². The maximum Gasteiger partial charge on any atom is 0.329 e. The molecule has 0 spiro atoms. The van der Waals surface area contributed by atoms with Crippen LogP contribution in [0.25, 0.3) is 0 Å². The number of hydrogen-bond donors (Lipinski definition) is 1. The largest absolute Gasteiger partial charge is 0.480 e. The SMILES string of the molecule is CN(C)[C@](C)(C(=O)O)c1cccs1. The van der Waals surface area contributed by atoms with Crippen LogP contribution in [0.1, 0.15) is 11.8 Å². The number of carbonyl (C=O) groups is 1. The highest BCUT2D eigenvalue weighted by molar-refractivity contribution is 7.10. The fourth-order valence-electron chi connectivity index (χ4n) is 1.07. The van der Waals surface area contributed by atoms with Crippen molar-refractivity contribution in [3.8, 4) is 0 Å². The lowest BCUT2D eigenvalue weighted by Crippen LogP contribution is -2.45. The van der Waals surface area contributed by atoms with E-state index in [0.717, 1.165) is 4.88 Å². The van der Waals surface area contributed by atoms with E-state index in [0.29, 0.717) is 0 Å². The van der Waals surface area contributed by atoms with Crippen LogP contribution >= 0.6 is 11.3 Å². The van der Waals surface area contributed by atoms with Gasteiger partial charge in [-0.2, -0.15) is 0 Å². The Morgan fingerprint density at radius 2 is 2.23 bits per heavy atom. The number of aliphatic carboxylic acids is 1. The van der Waals surface area contributed by atoms with Gasteiger partial charge in [-0.1, -0.05) is 6.07 Å². The Labute approximate surface area is 81.6 Å². The zero-order valence-corrected chi connectivity index (χ0v) is 8.76. The number of nitrogens with zero attached hydrogens (tertiary/aromatic N) is 1. The molecule has 0 aliphatic carbocycles. The van der Waals surface area contributed by atoms with Crippen molar-refractivity contribution in [2.45, 2.75) is 12.5 Å². The number of carboxylic acids is 1. The minimum Gasteiger partial charge on any atom is -0.480 e. The minimum atomic E-state index is -0.909. The molecule has 0 radical (unpaired) electrons. The zero-order chi connectivity index (χ0) is 10.1. The van der Waals surface area contributed by atoms with Crippen molar-refractivity contribution >= 4 is 17.3 Å². The summed E-state index contributed by atoms with van der Waals surface area (Å²) in [5, 5.41) is 11.0. The molecule has 0 bridgehead atoms. The summed E-state index contributed by atoms with van der Waals surface area (Å²) in [6.45, 7) is 1.71. The summed E-state index contributed by atoms with van der Waals surface area (Å²) in [5.41, 5.74) is -0.909. The Hall–Kier alpha value is -0.870. The molecule has 1 aromatic rings. The first-order valence-corrected chi connectivity index (χ1v) is 4.82. The van der Waals surface area contributed by atoms with E-state index in [1.807, 2.05) is 17.5 Å². The Kier molecular flexibility index (Phi) is 2.73. The second-order valence-electron chi connectivity index (χ2n) is 3.25. The minimum absolute atomic E-state index is 0.819. The van der Waals surface area contributed by atoms with E-state index >= 15 is 0 Å². The van der Waals surface area contributed by atoms with Gasteiger partial charge in [0, 0.05) is 4.88 Å². The lowest BCUT2D eigenvalue weighted by molar-refractivity contribution is -0.149. The molecule has 1 atom stereocenters. The van der Waals surface area contributed by atoms with Crippen molar-refractivity contribution in [2.75, 3.05) is 14.1 Å². The third-order valence-electron chi connectivity index (χ3n) is 2.31. The van der Waals surface area contributed by atoms with Crippen molar-refractivity contribution < 1.29 is 9.90 Å². The Bertz CT molecular complexity index is 295. The van der Waals surface area contributed by atoms with E-state index in [4.69, 9.17) is 5.11 Å². The fraction of sp³-hybridized carbons (Fsp3) is 0.444. The van der Waals surface area contributed by atoms with Crippen LogP contribution in [0, 0.1) is 0 Å². The fourth-order valence-corrected chi connectivity index (χ4v) is 2.03. The molecule has 0 aliphatic rings. The molecule has 1 rings (SSSR count). The molecule has 0 fully saturated rings. The van der Waals surface area contributed by atoms with Gasteiger partial charge in [-0.05, 0) is 32.5 Å². The highest BCUT2D eigenvalue weighted by atomic mass is 32.1. The average molecular weight is 199 g/mol. The van der Waals surface area contributed by atoms with E-state index in [9.17, 15) is 4.79 Å². The van der Waals surface area contributed by atoms with Gasteiger partial charge in [0.05, 0.1) is 0 Å². The first-order chi connectivity index (χ1) is 5.99. The van der Waals surface area contributed by atoms with Gasteiger partial charge in [-0.25, -0.2) is 4.79 Å². The molecule has 0 aliphatic heterocycles. The Balaban J connectivity index is 3.13. The average Bonchev–Trinajstić information content (AvgIpc) is 2.54. The van der Waals surface area contributed by atoms with Crippen LogP contribution < -0.4 is 0 Å². The summed E-state index contributed by atoms with van der Waals surface area (Å²) in [4.78, 5) is 13.7. The third kappa shape index (κ3) is 1.59. The molecule has 1 aromatic heterocycles. The normalized spacial score (nSPS) is 15.7. The Morgan fingerprint density at radius 3 is 2.54 bits per heavy atom. The van der Waals surface area contributed by atoms with Gasteiger partial charge in [0.25, 0.3) is 0 Å². The van der Waals surface area contributed by atoms with Crippen molar-refractivity contribution in [3.05, 3.63) is 22.4 Å². The summed E-state index contributed by atoms with van der Waals surface area (Å²) in [6.07, 6.45) is 0. The molecule has 13 heavy (non-hydrogen) atoms. The number of rotatable bonds is 3. The zero-order valence-electron chi connectivity index (χ0n) is 7.94. The van der Waals surface area contributed by atoms with Crippen molar-refractivity contribution in [1.29, 1.82) is 0 Å². The molecular weight excluding hydrogens is 186 g/mol. The van der Waals surface area contributed by atoms with Gasteiger partial charge in [0.15, 0.2) is 5.54 Å². The lowest BCUT2D eigenvalue weighted by Gasteiger charge is -2.30. The van der Waals surface area contributed by atoms with Crippen LogP contribution in [0.3, 0.4) is 0 Å². The second kappa shape index (κ2) is 3.47. The number of carboxylic acid groups (broad SMARTS) is 1. The highest BCUT2D eigenvalue weighted by Crippen LogP contribution is 2.29. The van der Waals surface area contributed by atoms with Gasteiger partial charge in [-0.3, -0.25) is 4.90 Å². The summed E-state index contributed by atoms with van der Waals surface area (Å²) in [7, 11) is 3.54. The molecule has 0 aromatic carbocycles. The molecule has 1 N–H and O–H groups in total. The molecule has 1 heterocycles. The van der Waals surface area contributed by atoms with E-state index in [1.165, 1.54) is 11.3 Å². The predicted molar refractivity (Wildman–Crippen MR) is 53.0 cm³/mol. The molecule has 0 amide bonds. The van der Waals surface area contributed by atoms with Crippen molar-refractivity contribution in [3.63, 3.8) is 0 Å². The monoisotopic (exact) mass is 199 g/mol. The van der Waals surface area contributed by atoms with Crippen LogP contribution in [0.15, 0.2) is 17.5 Å². The van der Waals surface area contributed by atoms with Crippen molar-refractivity contribution in [2.24, 2.45) is 0 Å². The van der Waals surface area contributed by atoms with E-state index in [2.05, 4.69) is 0 Å². The molecule has 0 unspecified atom stereocenters. The summed E-state index contributed by atoms with van der Waals surface area (Å²) < 4.78 is 0. The van der Waals surface area contributed by atoms with Gasteiger partial charge in [-0.15, -0.1) is 11.3 Å². The first-order valence-electron chi connectivity index (χ1n) is 3.94. The van der Waals surface area contributed by atoms with E-state index in [-0.39, 0.29) is 0 Å². The molecular formula is C9H13NO2S. The smallest absolute Gasteiger partial charge is 0.329 e. The maximum atomic E-state index is 11.1. The van der Waals surface area contributed by atoms with Crippen LogP contribution in [-0.4, -0.2) is 30.1 Å². The van der Waals surface area contributed by atoms with Gasteiger partial charge in [0.2, 0.25) is 0 Å². The van der Waals surface area contributed by atoms with Crippen LogP contribution in [-0.2, 0) is 10.3 Å². The molecule has 0 saturated carbocycles. The predicted octanol–water partition coefficient (Wildman–Crippen LogP) is 1.61. The number of likely N-dealkylation sites (N-methyl/N-ethyl adjacent to an activating group) is 1. The molecule has 0 saturated heterocycles. The lowest BCUT2D eigenvalue weighted by atomic mass is 9.99. The van der Waals surface area contributed by atoms with Gasteiger partial charge in [0.1, 0.15) is 0 Å². The second-order valence-corrected chi connectivity index (χ2v) is 4.20. The molecule has 4 heteroatoms. The summed E-state index contributed by atoms with van der Waals surface area (Å²) in [6, 6.07) is 3.71. The summed E-state index contributed by atoms with van der Waals surface area (Å²) >= 11 is 1.46. The van der Waals surface area contributed by atoms with Crippen LogP contribution in [0.5, 0.6) is 0 Å². The first kappa shape index (κ1) is 10.2. The van der Waals surface area contributed by atoms with Gasteiger partial charge < -0.3 is 5.11 Å². The third-order valence-corrected chi connectivity index (χ3v) is 3.39. The topological polar surface area (TPSA) is 40.5 Å². The van der Waals surface area contributed by atoms with Crippen LogP contribution in [0.4, 0.5) is 0 Å². The summed E-state index contributed by atoms with van der Waals surface area (Å²) in [5.74, 6) is -0.819. The Morgan fingerprint density at radius 1 is 1.62 bits per heavy atom. The van der Waals surface area contributed by atoms with E-state index in [1.54, 1.807) is 25.9 Å². The molecule has 72 valence electrons. The quantitative estimate of drug-likeness (QED) is 0.804. The van der Waals surface area contributed by atoms with Crippen molar-refractivity contribution in [1.82, 2.24) is 4.90 Å².